The fourth-order valence-electron chi connectivity index (χ4n) is 3.77. The molecule has 2 amide bonds. The van der Waals surface area contributed by atoms with Crippen LogP contribution in [-0.2, 0) is 4.79 Å². The number of hydrogen-bond donors (Lipinski definition) is 1. The van der Waals surface area contributed by atoms with Gasteiger partial charge < -0.3 is 10.2 Å². The van der Waals surface area contributed by atoms with Crippen molar-refractivity contribution >= 4 is 28.3 Å². The Kier molecular flexibility index (Phi) is 5.77. The first kappa shape index (κ1) is 20.0. The highest BCUT2D eigenvalue weighted by Crippen LogP contribution is 2.19. The summed E-state index contributed by atoms with van der Waals surface area (Å²) in [7, 11) is 0. The third kappa shape index (κ3) is 4.33. The molecular weight excluding hydrogens is 381 g/mol. The first-order valence-corrected chi connectivity index (χ1v) is 10.1. The van der Waals surface area contributed by atoms with Crippen molar-refractivity contribution in [2.45, 2.75) is 13.0 Å². The molecule has 3 aromatic rings. The summed E-state index contributed by atoms with van der Waals surface area (Å²) in [5.74, 6) is -0.533. The predicted molar refractivity (Wildman–Crippen MR) is 116 cm³/mol. The molecule has 1 unspecified atom stereocenters. The summed E-state index contributed by atoms with van der Waals surface area (Å²) in [5, 5.41) is 5.21. The Morgan fingerprint density at radius 2 is 1.57 bits per heavy atom. The van der Waals surface area contributed by atoms with E-state index >= 15 is 0 Å². The van der Waals surface area contributed by atoms with Crippen molar-refractivity contribution in [3.8, 4) is 0 Å². The number of rotatable bonds is 4. The lowest BCUT2D eigenvalue weighted by molar-refractivity contribution is -0.121. The van der Waals surface area contributed by atoms with E-state index in [0.717, 1.165) is 16.5 Å². The Morgan fingerprint density at radius 1 is 0.900 bits per heavy atom. The van der Waals surface area contributed by atoms with Gasteiger partial charge in [0.05, 0.1) is 6.04 Å². The van der Waals surface area contributed by atoms with Gasteiger partial charge in [0, 0.05) is 37.4 Å². The van der Waals surface area contributed by atoms with Crippen molar-refractivity contribution in [3.05, 3.63) is 78.1 Å². The Morgan fingerprint density at radius 3 is 2.27 bits per heavy atom. The van der Waals surface area contributed by atoms with Crippen LogP contribution in [0.15, 0.2) is 66.7 Å². The highest BCUT2D eigenvalue weighted by Gasteiger charge is 2.28. The topological polar surface area (TPSA) is 52.7 Å². The summed E-state index contributed by atoms with van der Waals surface area (Å²) in [5.41, 5.74) is 1.25. The van der Waals surface area contributed by atoms with Crippen molar-refractivity contribution in [2.75, 3.05) is 31.5 Å². The number of nitrogens with zero attached hydrogens (tertiary/aromatic N) is 2. The van der Waals surface area contributed by atoms with E-state index in [1.165, 1.54) is 24.3 Å². The van der Waals surface area contributed by atoms with Crippen molar-refractivity contribution in [2.24, 2.45) is 0 Å². The molecule has 5 nitrogen and oxygen atoms in total. The minimum atomic E-state index is -0.359. The fourth-order valence-corrected chi connectivity index (χ4v) is 3.77. The molecule has 1 N–H and O–H groups in total. The maximum atomic E-state index is 13.1. The van der Waals surface area contributed by atoms with Gasteiger partial charge in [-0.05, 0) is 54.1 Å². The van der Waals surface area contributed by atoms with Gasteiger partial charge >= 0.3 is 0 Å². The smallest absolute Gasteiger partial charge is 0.253 e. The number of nitrogens with one attached hydrogen (secondary N) is 1. The van der Waals surface area contributed by atoms with Crippen LogP contribution < -0.4 is 5.32 Å². The lowest BCUT2D eigenvalue weighted by atomic mass is 10.1. The lowest BCUT2D eigenvalue weighted by Crippen LogP contribution is -2.54. The number of halogens is 1. The van der Waals surface area contributed by atoms with Crippen LogP contribution in [0.25, 0.3) is 10.8 Å². The molecule has 0 spiro atoms. The monoisotopic (exact) mass is 405 g/mol. The Bertz CT molecular complexity index is 1060. The number of piperazine rings is 1. The van der Waals surface area contributed by atoms with Crippen LogP contribution in [0.5, 0.6) is 0 Å². The predicted octanol–water partition coefficient (Wildman–Crippen LogP) is 3.76. The van der Waals surface area contributed by atoms with Crippen LogP contribution in [0.2, 0.25) is 0 Å². The van der Waals surface area contributed by atoms with Crippen molar-refractivity contribution in [3.63, 3.8) is 0 Å². The SMILES string of the molecule is CC(C(=O)Nc1ccc2ccccc2c1)N1CCN(C(=O)c2ccc(F)cc2)CC1. The third-order valence-electron chi connectivity index (χ3n) is 5.64. The summed E-state index contributed by atoms with van der Waals surface area (Å²) >= 11 is 0. The van der Waals surface area contributed by atoms with E-state index in [-0.39, 0.29) is 23.7 Å². The standard InChI is InChI=1S/C24H24FN3O2/c1-17(23(29)26-22-11-8-18-4-2-3-5-20(18)16-22)27-12-14-28(15-13-27)24(30)19-6-9-21(25)10-7-19/h2-11,16-17H,12-15H2,1H3,(H,26,29). The zero-order valence-corrected chi connectivity index (χ0v) is 16.8. The van der Waals surface area contributed by atoms with Crippen LogP contribution in [0.3, 0.4) is 0 Å². The molecule has 3 aromatic carbocycles. The molecule has 1 fully saturated rings. The van der Waals surface area contributed by atoms with Gasteiger partial charge in [0.25, 0.3) is 5.91 Å². The van der Waals surface area contributed by atoms with Gasteiger partial charge in [-0.1, -0.05) is 30.3 Å². The van der Waals surface area contributed by atoms with Gasteiger partial charge in [-0.2, -0.15) is 0 Å². The number of hydrogen-bond acceptors (Lipinski definition) is 3. The first-order chi connectivity index (χ1) is 14.5. The molecule has 0 radical (unpaired) electrons. The Hall–Kier alpha value is -3.25. The Balaban J connectivity index is 1.33. The molecule has 1 atom stereocenters. The molecule has 6 heteroatoms. The van der Waals surface area contributed by atoms with E-state index < -0.39 is 0 Å². The normalized spacial score (nSPS) is 15.7. The molecule has 1 aliphatic rings. The van der Waals surface area contributed by atoms with E-state index in [4.69, 9.17) is 0 Å². The molecule has 4 rings (SSSR count). The number of amides is 2. The zero-order valence-electron chi connectivity index (χ0n) is 16.8. The molecule has 1 heterocycles. The van der Waals surface area contributed by atoms with E-state index in [1.807, 2.05) is 49.4 Å². The summed E-state index contributed by atoms with van der Waals surface area (Å²) < 4.78 is 13.1. The van der Waals surface area contributed by atoms with Gasteiger partial charge in [-0.15, -0.1) is 0 Å². The van der Waals surface area contributed by atoms with Crippen molar-refractivity contribution < 1.29 is 14.0 Å². The van der Waals surface area contributed by atoms with Gasteiger partial charge in [-0.25, -0.2) is 4.39 Å². The van der Waals surface area contributed by atoms with E-state index in [0.29, 0.717) is 31.7 Å². The number of carbonyl (C=O) groups excluding carboxylic acids is 2. The minimum absolute atomic E-state index is 0.0661. The summed E-state index contributed by atoms with van der Waals surface area (Å²) in [6.07, 6.45) is 0. The number of fused-ring (bicyclic) bond motifs is 1. The van der Waals surface area contributed by atoms with Crippen molar-refractivity contribution in [1.29, 1.82) is 0 Å². The average Bonchev–Trinajstić information content (AvgIpc) is 2.78. The average molecular weight is 405 g/mol. The zero-order chi connectivity index (χ0) is 21.1. The molecule has 30 heavy (non-hydrogen) atoms. The van der Waals surface area contributed by atoms with Gasteiger partial charge in [0.15, 0.2) is 0 Å². The van der Waals surface area contributed by atoms with Crippen molar-refractivity contribution in [1.82, 2.24) is 9.80 Å². The quantitative estimate of drug-likeness (QED) is 0.719. The highest BCUT2D eigenvalue weighted by molar-refractivity contribution is 5.97. The van der Waals surface area contributed by atoms with E-state index in [2.05, 4.69) is 10.2 Å². The van der Waals surface area contributed by atoms with Crippen LogP contribution in [-0.4, -0.2) is 53.8 Å². The Labute approximate surface area is 175 Å². The highest BCUT2D eigenvalue weighted by atomic mass is 19.1. The number of benzene rings is 3. The molecule has 1 saturated heterocycles. The second-order valence-electron chi connectivity index (χ2n) is 7.56. The second kappa shape index (κ2) is 8.63. The van der Waals surface area contributed by atoms with Gasteiger partial charge in [0.2, 0.25) is 5.91 Å². The van der Waals surface area contributed by atoms with Crippen LogP contribution in [0.1, 0.15) is 17.3 Å². The molecule has 0 aliphatic carbocycles. The first-order valence-electron chi connectivity index (χ1n) is 10.1. The summed E-state index contributed by atoms with van der Waals surface area (Å²) in [6, 6.07) is 19.2. The third-order valence-corrected chi connectivity index (χ3v) is 5.64. The van der Waals surface area contributed by atoms with Crippen LogP contribution in [0.4, 0.5) is 10.1 Å². The summed E-state index contributed by atoms with van der Waals surface area (Å²) in [6.45, 7) is 4.17. The fraction of sp³-hybridized carbons (Fsp3) is 0.250. The number of anilines is 1. The molecule has 154 valence electrons. The largest absolute Gasteiger partial charge is 0.336 e. The molecule has 0 saturated carbocycles. The molecule has 0 aromatic heterocycles. The molecular formula is C24H24FN3O2. The maximum absolute atomic E-state index is 13.1. The van der Waals surface area contributed by atoms with Gasteiger partial charge in [-0.3, -0.25) is 14.5 Å². The minimum Gasteiger partial charge on any atom is -0.336 e. The van der Waals surface area contributed by atoms with E-state index in [1.54, 1.807) is 4.90 Å². The van der Waals surface area contributed by atoms with Crippen LogP contribution in [0, 0.1) is 5.82 Å². The van der Waals surface area contributed by atoms with E-state index in [9.17, 15) is 14.0 Å². The molecule has 1 aliphatic heterocycles. The number of carbonyl (C=O) groups is 2. The maximum Gasteiger partial charge on any atom is 0.253 e. The summed E-state index contributed by atoms with van der Waals surface area (Å²) in [4.78, 5) is 29.1. The van der Waals surface area contributed by atoms with Crippen LogP contribution >= 0.6 is 0 Å². The lowest BCUT2D eigenvalue weighted by Gasteiger charge is -2.37. The molecule has 0 bridgehead atoms. The van der Waals surface area contributed by atoms with Gasteiger partial charge in [0.1, 0.15) is 5.82 Å². The second-order valence-corrected chi connectivity index (χ2v) is 7.56.